The number of hydrogen-bond donors (Lipinski definition) is 1. The maximum absolute atomic E-state index is 9.16. The van der Waals surface area contributed by atoms with Gasteiger partial charge >= 0.3 is 0 Å². The summed E-state index contributed by atoms with van der Waals surface area (Å²) >= 11 is 5.85. The molecule has 0 unspecified atom stereocenters. The van der Waals surface area contributed by atoms with Crippen molar-refractivity contribution in [3.8, 4) is 5.75 Å². The summed E-state index contributed by atoms with van der Waals surface area (Å²) in [6.07, 6.45) is 0.277. The Morgan fingerprint density at radius 1 is 1.54 bits per heavy atom. The van der Waals surface area contributed by atoms with Crippen LogP contribution in [0.2, 0.25) is 5.02 Å². The summed E-state index contributed by atoms with van der Waals surface area (Å²) in [6.45, 7) is 1.75. The van der Waals surface area contributed by atoms with Crippen molar-refractivity contribution in [2.45, 2.75) is 19.4 Å². The molecule has 0 fully saturated rings. The molecular formula is C10H13ClO2. The maximum Gasteiger partial charge on any atom is 0.137 e. The Labute approximate surface area is 83.1 Å². The third kappa shape index (κ3) is 2.90. The molecule has 1 rings (SSSR count). The summed E-state index contributed by atoms with van der Waals surface area (Å²) in [7, 11) is 1.58. The van der Waals surface area contributed by atoms with Crippen LogP contribution in [0.15, 0.2) is 18.2 Å². The maximum atomic E-state index is 9.16. The SMILES string of the molecule is COc1cc(C[C@@H](C)O)ccc1Cl. The van der Waals surface area contributed by atoms with Gasteiger partial charge in [-0.2, -0.15) is 0 Å². The number of aliphatic hydroxyl groups excluding tert-OH is 1. The highest BCUT2D eigenvalue weighted by Gasteiger charge is 2.03. The zero-order valence-electron chi connectivity index (χ0n) is 7.75. The topological polar surface area (TPSA) is 29.5 Å². The fourth-order valence-electron chi connectivity index (χ4n) is 1.17. The zero-order valence-corrected chi connectivity index (χ0v) is 8.51. The quantitative estimate of drug-likeness (QED) is 0.811. The van der Waals surface area contributed by atoms with Crippen LogP contribution >= 0.6 is 11.6 Å². The molecule has 0 spiro atoms. The van der Waals surface area contributed by atoms with Gasteiger partial charge in [0.1, 0.15) is 5.75 Å². The minimum absolute atomic E-state index is 0.342. The summed E-state index contributed by atoms with van der Waals surface area (Å²) in [4.78, 5) is 0. The third-order valence-corrected chi connectivity index (χ3v) is 2.06. The first-order valence-electron chi connectivity index (χ1n) is 4.14. The average Bonchev–Trinajstić information content (AvgIpc) is 2.07. The predicted octanol–water partition coefficient (Wildman–Crippen LogP) is 2.27. The van der Waals surface area contributed by atoms with Gasteiger partial charge < -0.3 is 9.84 Å². The van der Waals surface area contributed by atoms with E-state index in [0.717, 1.165) is 5.56 Å². The molecule has 1 aromatic rings. The molecule has 1 N–H and O–H groups in total. The highest BCUT2D eigenvalue weighted by atomic mass is 35.5. The number of hydrogen-bond acceptors (Lipinski definition) is 2. The standard InChI is InChI=1S/C10H13ClO2/c1-7(12)5-8-3-4-9(11)10(6-8)13-2/h3-4,6-7,12H,5H2,1-2H3/t7-/m1/s1. The molecule has 0 saturated heterocycles. The summed E-state index contributed by atoms with van der Waals surface area (Å²) in [5.74, 6) is 0.653. The molecule has 3 heteroatoms. The van der Waals surface area contributed by atoms with Crippen LogP contribution in [0.5, 0.6) is 5.75 Å². The van der Waals surface area contributed by atoms with Gasteiger partial charge in [-0.3, -0.25) is 0 Å². The van der Waals surface area contributed by atoms with Crippen LogP contribution in [-0.4, -0.2) is 18.3 Å². The van der Waals surface area contributed by atoms with E-state index in [1.54, 1.807) is 20.1 Å². The Hall–Kier alpha value is -0.730. The first-order chi connectivity index (χ1) is 6.13. The van der Waals surface area contributed by atoms with Crippen LogP contribution in [0.25, 0.3) is 0 Å². The number of aliphatic hydroxyl groups is 1. The van der Waals surface area contributed by atoms with Crippen molar-refractivity contribution >= 4 is 11.6 Å². The molecule has 2 nitrogen and oxygen atoms in total. The second-order valence-corrected chi connectivity index (χ2v) is 3.43. The number of methoxy groups -OCH3 is 1. The van der Waals surface area contributed by atoms with E-state index >= 15 is 0 Å². The summed E-state index contributed by atoms with van der Waals surface area (Å²) in [6, 6.07) is 5.50. The minimum Gasteiger partial charge on any atom is -0.495 e. The predicted molar refractivity (Wildman–Crippen MR) is 53.4 cm³/mol. The molecule has 0 amide bonds. The van der Waals surface area contributed by atoms with Gasteiger partial charge in [-0.25, -0.2) is 0 Å². The fraction of sp³-hybridized carbons (Fsp3) is 0.400. The van der Waals surface area contributed by atoms with Gasteiger partial charge in [0.05, 0.1) is 18.2 Å². The Bertz CT molecular complexity index is 284. The van der Waals surface area contributed by atoms with Crippen LogP contribution in [-0.2, 0) is 6.42 Å². The smallest absolute Gasteiger partial charge is 0.137 e. The van der Waals surface area contributed by atoms with E-state index in [-0.39, 0.29) is 6.10 Å². The van der Waals surface area contributed by atoms with E-state index in [2.05, 4.69) is 0 Å². The first-order valence-corrected chi connectivity index (χ1v) is 4.51. The van der Waals surface area contributed by atoms with Crippen molar-refractivity contribution < 1.29 is 9.84 Å². The number of rotatable bonds is 3. The Kier molecular flexibility index (Phi) is 3.58. The van der Waals surface area contributed by atoms with Crippen molar-refractivity contribution in [3.63, 3.8) is 0 Å². The third-order valence-electron chi connectivity index (χ3n) is 1.75. The Morgan fingerprint density at radius 3 is 2.77 bits per heavy atom. The lowest BCUT2D eigenvalue weighted by atomic mass is 10.1. The van der Waals surface area contributed by atoms with Gasteiger partial charge in [0, 0.05) is 0 Å². The molecule has 0 radical (unpaired) electrons. The number of halogens is 1. The largest absolute Gasteiger partial charge is 0.495 e. The van der Waals surface area contributed by atoms with Crippen molar-refractivity contribution in [3.05, 3.63) is 28.8 Å². The van der Waals surface area contributed by atoms with Gasteiger partial charge in [0.25, 0.3) is 0 Å². The highest BCUT2D eigenvalue weighted by molar-refractivity contribution is 6.32. The fourth-order valence-corrected chi connectivity index (χ4v) is 1.37. The summed E-state index contributed by atoms with van der Waals surface area (Å²) < 4.78 is 5.05. The van der Waals surface area contributed by atoms with Crippen LogP contribution in [0.3, 0.4) is 0 Å². The van der Waals surface area contributed by atoms with E-state index < -0.39 is 0 Å². The number of ether oxygens (including phenoxy) is 1. The normalized spacial score (nSPS) is 12.6. The lowest BCUT2D eigenvalue weighted by Crippen LogP contribution is -2.04. The van der Waals surface area contributed by atoms with E-state index in [9.17, 15) is 0 Å². The second-order valence-electron chi connectivity index (χ2n) is 3.02. The minimum atomic E-state index is -0.342. The van der Waals surface area contributed by atoms with Crippen molar-refractivity contribution in [1.29, 1.82) is 0 Å². The van der Waals surface area contributed by atoms with Crippen LogP contribution in [0.1, 0.15) is 12.5 Å². The summed E-state index contributed by atoms with van der Waals surface area (Å²) in [5.41, 5.74) is 1.02. The van der Waals surface area contributed by atoms with Gasteiger partial charge in [0.2, 0.25) is 0 Å². The van der Waals surface area contributed by atoms with Gasteiger partial charge in [-0.1, -0.05) is 17.7 Å². The average molecular weight is 201 g/mol. The van der Waals surface area contributed by atoms with E-state index in [4.69, 9.17) is 21.4 Å². The van der Waals surface area contributed by atoms with Crippen molar-refractivity contribution in [1.82, 2.24) is 0 Å². The molecule has 0 aromatic heterocycles. The molecule has 0 saturated carbocycles. The monoisotopic (exact) mass is 200 g/mol. The molecule has 0 heterocycles. The number of benzene rings is 1. The van der Waals surface area contributed by atoms with Crippen molar-refractivity contribution in [2.75, 3.05) is 7.11 Å². The first kappa shape index (κ1) is 10.4. The van der Waals surface area contributed by atoms with Crippen LogP contribution in [0, 0.1) is 0 Å². The molecule has 1 atom stereocenters. The molecule has 0 aliphatic carbocycles. The lowest BCUT2D eigenvalue weighted by Gasteiger charge is -2.07. The molecule has 0 aliphatic heterocycles. The zero-order chi connectivity index (χ0) is 9.84. The highest BCUT2D eigenvalue weighted by Crippen LogP contribution is 2.25. The van der Waals surface area contributed by atoms with E-state index in [1.807, 2.05) is 12.1 Å². The Morgan fingerprint density at radius 2 is 2.23 bits per heavy atom. The molecular weight excluding hydrogens is 188 g/mol. The van der Waals surface area contributed by atoms with Gasteiger partial charge in [-0.15, -0.1) is 0 Å². The Balaban J connectivity index is 2.86. The lowest BCUT2D eigenvalue weighted by molar-refractivity contribution is 0.195. The molecule has 1 aromatic carbocycles. The van der Waals surface area contributed by atoms with Crippen LogP contribution in [0.4, 0.5) is 0 Å². The van der Waals surface area contributed by atoms with Gasteiger partial charge in [0.15, 0.2) is 0 Å². The van der Waals surface area contributed by atoms with Gasteiger partial charge in [-0.05, 0) is 31.0 Å². The van der Waals surface area contributed by atoms with Crippen LogP contribution < -0.4 is 4.74 Å². The molecule has 0 bridgehead atoms. The summed E-state index contributed by atoms with van der Waals surface area (Å²) in [5, 5.41) is 9.76. The van der Waals surface area contributed by atoms with E-state index in [1.165, 1.54) is 0 Å². The molecule has 72 valence electrons. The second kappa shape index (κ2) is 4.49. The molecule has 0 aliphatic rings. The molecule has 13 heavy (non-hydrogen) atoms. The van der Waals surface area contributed by atoms with E-state index in [0.29, 0.717) is 17.2 Å². The van der Waals surface area contributed by atoms with Crippen molar-refractivity contribution in [2.24, 2.45) is 0 Å².